The maximum absolute atomic E-state index is 14.1. The molecule has 0 atom stereocenters. The van der Waals surface area contributed by atoms with E-state index in [1.807, 2.05) is 24.0 Å². The zero-order chi connectivity index (χ0) is 17.8. The molecule has 3 aromatic rings. The van der Waals surface area contributed by atoms with Gasteiger partial charge < -0.3 is 4.90 Å². The molecule has 1 aliphatic heterocycles. The van der Waals surface area contributed by atoms with Crippen molar-refractivity contribution in [1.82, 2.24) is 14.7 Å². The fourth-order valence-corrected chi connectivity index (χ4v) is 3.75. The quantitative estimate of drug-likeness (QED) is 0.715. The standard InChI is InChI=1S/C21H18FN3O/c1-13-18(11-23-25(13)20-5-3-2-4-19(20)22)14-6-9-17-15(10-14)12-24(21(17)26)16-7-8-16/h2-6,9-11,16H,7-8,12H2,1H3. The van der Waals surface area contributed by atoms with Gasteiger partial charge in [-0.25, -0.2) is 9.07 Å². The first-order valence-corrected chi connectivity index (χ1v) is 8.87. The maximum atomic E-state index is 14.1. The summed E-state index contributed by atoms with van der Waals surface area (Å²) >= 11 is 0. The highest BCUT2D eigenvalue weighted by molar-refractivity contribution is 5.99. The summed E-state index contributed by atoms with van der Waals surface area (Å²) in [7, 11) is 0. The molecular formula is C21H18FN3O. The van der Waals surface area contributed by atoms with Gasteiger partial charge in [-0.3, -0.25) is 4.79 Å². The Morgan fingerprint density at radius 2 is 1.92 bits per heavy atom. The topological polar surface area (TPSA) is 38.1 Å². The van der Waals surface area contributed by atoms with Crippen molar-refractivity contribution in [2.45, 2.75) is 32.4 Å². The Morgan fingerprint density at radius 3 is 2.69 bits per heavy atom. The summed E-state index contributed by atoms with van der Waals surface area (Å²) in [6.07, 6.45) is 3.99. The van der Waals surface area contributed by atoms with E-state index in [0.29, 0.717) is 18.3 Å². The molecular weight excluding hydrogens is 329 g/mol. The Kier molecular flexibility index (Phi) is 3.26. The summed E-state index contributed by atoms with van der Waals surface area (Å²) in [5.41, 5.74) is 5.14. The van der Waals surface area contributed by atoms with Crippen molar-refractivity contribution < 1.29 is 9.18 Å². The van der Waals surface area contributed by atoms with Crippen LogP contribution in [-0.2, 0) is 6.54 Å². The van der Waals surface area contributed by atoms with Crippen molar-refractivity contribution >= 4 is 5.91 Å². The zero-order valence-electron chi connectivity index (χ0n) is 14.4. The molecule has 1 fully saturated rings. The van der Waals surface area contributed by atoms with Crippen LogP contribution in [0.2, 0.25) is 0 Å². The molecule has 2 aromatic carbocycles. The number of carbonyl (C=O) groups excluding carboxylic acids is 1. The van der Waals surface area contributed by atoms with Crippen LogP contribution in [0.3, 0.4) is 0 Å². The van der Waals surface area contributed by atoms with Gasteiger partial charge in [0.15, 0.2) is 0 Å². The summed E-state index contributed by atoms with van der Waals surface area (Å²) in [5, 5.41) is 4.38. The van der Waals surface area contributed by atoms with Crippen molar-refractivity contribution in [3.05, 3.63) is 71.3 Å². The molecule has 130 valence electrons. The summed E-state index contributed by atoms with van der Waals surface area (Å²) in [5.74, 6) is -0.155. The van der Waals surface area contributed by atoms with Gasteiger partial charge in [-0.2, -0.15) is 5.10 Å². The molecule has 26 heavy (non-hydrogen) atoms. The third kappa shape index (κ3) is 2.27. The Labute approximate surface area is 150 Å². The second-order valence-corrected chi connectivity index (χ2v) is 7.04. The van der Waals surface area contributed by atoms with Crippen LogP contribution in [0, 0.1) is 12.7 Å². The smallest absolute Gasteiger partial charge is 0.254 e. The fraction of sp³-hybridized carbons (Fsp3) is 0.238. The molecule has 0 saturated heterocycles. The van der Waals surface area contributed by atoms with Gasteiger partial charge in [0.1, 0.15) is 11.5 Å². The van der Waals surface area contributed by atoms with Crippen molar-refractivity contribution in [2.75, 3.05) is 0 Å². The molecule has 1 aliphatic carbocycles. The van der Waals surface area contributed by atoms with Gasteiger partial charge in [-0.05, 0) is 55.2 Å². The molecule has 0 radical (unpaired) electrons. The highest BCUT2D eigenvalue weighted by atomic mass is 19.1. The van der Waals surface area contributed by atoms with E-state index < -0.39 is 0 Å². The van der Waals surface area contributed by atoms with E-state index in [1.54, 1.807) is 29.1 Å². The average Bonchev–Trinajstić information content (AvgIpc) is 3.34. The molecule has 1 saturated carbocycles. The summed E-state index contributed by atoms with van der Waals surface area (Å²) in [4.78, 5) is 14.5. The van der Waals surface area contributed by atoms with Crippen LogP contribution in [0.1, 0.15) is 34.5 Å². The lowest BCUT2D eigenvalue weighted by atomic mass is 10.0. The molecule has 1 aromatic heterocycles. The number of carbonyl (C=O) groups is 1. The summed E-state index contributed by atoms with van der Waals surface area (Å²) < 4.78 is 15.7. The first-order valence-electron chi connectivity index (χ1n) is 8.87. The minimum absolute atomic E-state index is 0.146. The molecule has 0 N–H and O–H groups in total. The number of fused-ring (bicyclic) bond motifs is 1. The van der Waals surface area contributed by atoms with E-state index in [1.165, 1.54) is 6.07 Å². The van der Waals surface area contributed by atoms with Crippen molar-refractivity contribution in [2.24, 2.45) is 0 Å². The van der Waals surface area contributed by atoms with Gasteiger partial charge >= 0.3 is 0 Å². The molecule has 0 unspecified atom stereocenters. The Hall–Kier alpha value is -2.95. The summed E-state index contributed by atoms with van der Waals surface area (Å²) in [6, 6.07) is 13.0. The second-order valence-electron chi connectivity index (χ2n) is 7.04. The van der Waals surface area contributed by atoms with Crippen LogP contribution in [0.15, 0.2) is 48.7 Å². The first-order chi connectivity index (χ1) is 12.6. The van der Waals surface area contributed by atoms with Crippen LogP contribution in [0.25, 0.3) is 16.8 Å². The van der Waals surface area contributed by atoms with Crippen LogP contribution < -0.4 is 0 Å². The number of hydrogen-bond acceptors (Lipinski definition) is 2. The zero-order valence-corrected chi connectivity index (χ0v) is 14.4. The van der Waals surface area contributed by atoms with E-state index in [2.05, 4.69) is 11.2 Å². The number of hydrogen-bond donors (Lipinski definition) is 0. The second kappa shape index (κ2) is 5.53. The predicted octanol–water partition coefficient (Wildman–Crippen LogP) is 4.11. The number of amides is 1. The Morgan fingerprint density at radius 1 is 1.12 bits per heavy atom. The SMILES string of the molecule is Cc1c(-c2ccc3c(c2)CN(C2CC2)C3=O)cnn1-c1ccccc1F. The lowest BCUT2D eigenvalue weighted by Crippen LogP contribution is -2.25. The van der Waals surface area contributed by atoms with Gasteiger partial charge in [0.05, 0.1) is 6.20 Å². The van der Waals surface area contributed by atoms with Gasteiger partial charge in [0.2, 0.25) is 0 Å². The number of aromatic nitrogens is 2. The van der Waals surface area contributed by atoms with Crippen molar-refractivity contribution in [3.8, 4) is 16.8 Å². The maximum Gasteiger partial charge on any atom is 0.254 e. The number of nitrogens with zero attached hydrogens (tertiary/aromatic N) is 3. The van der Waals surface area contributed by atoms with Crippen molar-refractivity contribution in [1.29, 1.82) is 0 Å². The monoisotopic (exact) mass is 347 g/mol. The van der Waals surface area contributed by atoms with Gasteiger partial charge in [-0.15, -0.1) is 0 Å². The highest BCUT2D eigenvalue weighted by Crippen LogP contribution is 2.36. The van der Waals surface area contributed by atoms with Gasteiger partial charge in [-0.1, -0.05) is 18.2 Å². The third-order valence-corrected chi connectivity index (χ3v) is 5.33. The average molecular weight is 347 g/mol. The predicted molar refractivity (Wildman–Crippen MR) is 96.6 cm³/mol. The molecule has 0 spiro atoms. The highest BCUT2D eigenvalue weighted by Gasteiger charge is 2.38. The van der Waals surface area contributed by atoms with Crippen molar-refractivity contribution in [3.63, 3.8) is 0 Å². The Balaban J connectivity index is 1.53. The van der Waals surface area contributed by atoms with Gasteiger partial charge in [0.25, 0.3) is 5.91 Å². The molecule has 5 heteroatoms. The fourth-order valence-electron chi connectivity index (χ4n) is 3.75. The number of para-hydroxylation sites is 1. The van der Waals surface area contributed by atoms with E-state index in [-0.39, 0.29) is 11.7 Å². The number of rotatable bonds is 3. The molecule has 2 aliphatic rings. The molecule has 1 amide bonds. The molecule has 0 bridgehead atoms. The number of halogens is 1. The minimum Gasteiger partial charge on any atom is -0.331 e. The van der Waals surface area contributed by atoms with E-state index >= 15 is 0 Å². The van der Waals surface area contributed by atoms with Crippen LogP contribution in [-0.4, -0.2) is 26.6 Å². The lowest BCUT2D eigenvalue weighted by molar-refractivity contribution is 0.0766. The molecule has 5 rings (SSSR count). The normalized spacial score (nSPS) is 16.2. The van der Waals surface area contributed by atoms with Crippen LogP contribution >= 0.6 is 0 Å². The van der Waals surface area contributed by atoms with E-state index in [4.69, 9.17) is 0 Å². The van der Waals surface area contributed by atoms with Gasteiger partial charge in [0, 0.05) is 29.4 Å². The minimum atomic E-state index is -0.301. The summed E-state index contributed by atoms with van der Waals surface area (Å²) in [6.45, 7) is 2.62. The van der Waals surface area contributed by atoms with E-state index in [9.17, 15) is 9.18 Å². The number of benzene rings is 2. The molecule has 4 nitrogen and oxygen atoms in total. The third-order valence-electron chi connectivity index (χ3n) is 5.33. The lowest BCUT2D eigenvalue weighted by Gasteiger charge is -2.13. The Bertz CT molecular complexity index is 1040. The van der Waals surface area contributed by atoms with E-state index in [0.717, 1.165) is 40.8 Å². The largest absolute Gasteiger partial charge is 0.331 e. The van der Waals surface area contributed by atoms with Crippen LogP contribution in [0.5, 0.6) is 0 Å². The van der Waals surface area contributed by atoms with Crippen LogP contribution in [0.4, 0.5) is 4.39 Å². The first kappa shape index (κ1) is 15.3. The molecule has 2 heterocycles.